The zero-order valence-corrected chi connectivity index (χ0v) is 68.9. The van der Waals surface area contributed by atoms with E-state index in [2.05, 4.69) is 40.3 Å². The number of nitrogens with one attached hydrogen (secondary N) is 6. The Bertz CT molecular complexity index is 3790. The molecule has 0 radical (unpaired) electrons. The number of aliphatic hydroxyl groups excluding tert-OH is 21. The molecule has 9 aliphatic rings. The normalized spacial score (nSPS) is 44.9. The SMILES string of the molecule is CC(=O)N[C@@H]1[C@@H](O)[C@H](O[C@@H]2O[C@H](CO)[C@@H](O[C@@H]3O[C@H](CO[C@H]4O[C@H](CO)[C@@H](O)[C@H](O)[C@@H]4O[C@@H]4O[C@H](CO)[C@@H](O[C@@H]5O[C@H](CO)[C@H](O)[C@H](OS(=O)(=O)O)[C@H]5NC(C)=O)[C@H](O)[C@H]4NC(C)=O)[C@@H](O)[C@H](O[C@H]4O[C@H](CO)[C@@H](O)[C@H](O)[C@@H]4O[C@@H]4O[C@H](CO)[C@@H](O[C@@H]5O[C@H](CO)[C@H](O)[C@H](OS(=O)(=O)O)[C@H]5NC(C)=O)[C@H](O)[C@H]4NC(C)=O)[C@@H]3O)[C@H](O)[C@H]2NC(C)=O)[C@@H](CO)O[C@H]1O. The Labute approximate surface area is 713 Å². The molecule has 9 heterocycles. The second-order valence-corrected chi connectivity index (χ2v) is 32.7. The number of carbonyl (C=O) groups is 6. The van der Waals surface area contributed by atoms with Crippen LogP contribution in [-0.2, 0) is 138 Å². The topological polar surface area (TPSA) is 884 Å². The second kappa shape index (κ2) is 45.2. The molecule has 0 bridgehead atoms. The molecular weight excluding hydrogens is 1770 g/mol. The van der Waals surface area contributed by atoms with Crippen LogP contribution in [0.4, 0.5) is 0 Å². The van der Waals surface area contributed by atoms with Crippen LogP contribution < -0.4 is 31.9 Å². The first kappa shape index (κ1) is 105. The molecule has 728 valence electrons. The van der Waals surface area contributed by atoms with Gasteiger partial charge in [0.25, 0.3) is 0 Å². The van der Waals surface area contributed by atoms with Crippen molar-refractivity contribution in [1.82, 2.24) is 31.9 Å². The molecule has 9 aliphatic heterocycles. The Morgan fingerprint density at radius 3 is 0.817 bits per heavy atom. The highest BCUT2D eigenvalue weighted by atomic mass is 32.3. The van der Waals surface area contributed by atoms with Crippen molar-refractivity contribution in [3.05, 3.63) is 0 Å². The molecule has 126 heavy (non-hydrogen) atoms. The van der Waals surface area contributed by atoms with E-state index >= 15 is 0 Å². The van der Waals surface area contributed by atoms with E-state index in [0.29, 0.717) is 0 Å². The van der Waals surface area contributed by atoms with Crippen molar-refractivity contribution in [2.45, 2.75) is 318 Å². The summed E-state index contributed by atoms with van der Waals surface area (Å²) in [4.78, 5) is 76.6. The van der Waals surface area contributed by atoms with Gasteiger partial charge in [-0.05, 0) is 0 Å². The van der Waals surface area contributed by atoms with E-state index in [1.54, 1.807) is 0 Å². The lowest BCUT2D eigenvalue weighted by Gasteiger charge is -2.51. The maximum Gasteiger partial charge on any atom is 0.397 e. The molecule has 0 saturated carbocycles. The minimum absolute atomic E-state index is 0.818. The highest BCUT2D eigenvalue weighted by Gasteiger charge is 2.62. The molecule has 0 unspecified atom stereocenters. The van der Waals surface area contributed by atoms with Gasteiger partial charge in [-0.2, -0.15) is 16.8 Å². The Morgan fingerprint density at radius 2 is 0.484 bits per heavy atom. The van der Waals surface area contributed by atoms with Crippen molar-refractivity contribution < 1.29 is 251 Å². The number of aliphatic hydroxyl groups is 21. The number of carbonyl (C=O) groups excluding carboxylic acids is 6. The molecule has 9 saturated heterocycles. The average Bonchev–Trinajstić information content (AvgIpc) is 0.764. The van der Waals surface area contributed by atoms with Gasteiger partial charge >= 0.3 is 20.8 Å². The smallest absolute Gasteiger partial charge is 0.394 e. The fourth-order valence-corrected chi connectivity index (χ4v) is 16.8. The molecule has 0 aromatic rings. The molecule has 60 heteroatoms. The van der Waals surface area contributed by atoms with Crippen LogP contribution >= 0.6 is 0 Å². The fraction of sp³-hybridized carbons (Fsp3) is 0.909. The van der Waals surface area contributed by atoms with Gasteiger partial charge in [0, 0.05) is 41.5 Å². The maximum absolute atomic E-state index is 13.1. The summed E-state index contributed by atoms with van der Waals surface area (Å²) in [6.07, 6.45) is -86.2. The van der Waals surface area contributed by atoms with Gasteiger partial charge in [0.2, 0.25) is 35.4 Å². The molecule has 0 aliphatic carbocycles. The monoisotopic (exact) mass is 1880 g/mol. The Kier molecular flexibility index (Phi) is 37.6. The van der Waals surface area contributed by atoms with Crippen molar-refractivity contribution in [3.8, 4) is 0 Å². The van der Waals surface area contributed by atoms with Crippen LogP contribution in [0.3, 0.4) is 0 Å². The Hall–Kier alpha value is -4.96. The van der Waals surface area contributed by atoms with E-state index in [-0.39, 0.29) is 0 Å². The van der Waals surface area contributed by atoms with Crippen LogP contribution in [0.25, 0.3) is 0 Å². The third kappa shape index (κ3) is 24.9. The molecule has 29 N–H and O–H groups in total. The summed E-state index contributed by atoms with van der Waals surface area (Å²) < 4.78 is 179. The van der Waals surface area contributed by atoms with E-state index in [9.17, 15) is 162 Å². The van der Waals surface area contributed by atoms with Crippen LogP contribution in [0.15, 0.2) is 0 Å². The standard InChI is InChI=1S/C66H110N6O52S2/c1-16(81)67-31-42(92)49(26(11-77)107-58(31)99)116-59-32(68-17(2)82)45(95)52(29(14-80)112-59)119-64-48(98)55(120-66-57(47(97)38(88)23(8-74)111-66)122-61-34(70-19(4)84)44(94)51(28(13-79)114-61)118-63-36(72-21(6)86)54(124-126(103,104)105)40(90)25(10-76)109-63)41(91)30(115-64)15-106-65-56(46(96)37(87)22(7-73)110-65)121-60-33(69-18(3)83)43(93)50(27(12-78)113-60)117-62-35(71-20(5)85)53(123-125(100,101)102)39(89)24(9-75)108-62/h22-66,73-80,87-99H,7-15H2,1-6H3,(H,67,81)(H,68,82)(H,69,83)(H,70,84)(H,71,85)(H,72,86)(H,100,101,102)(H,103,104,105)/t22-,23-,24-,25-,26-,27-,28-,29-,30-,31-,32-,33-,34-,35-,36-,37-,38-,39+,40+,41-,42-,43-,44-,45-,46+,47+,48+,49-,50-,51-,52-,53-,54-,55+,56+,57+,58-,59+,60+,61+,62+,63+,64+,65+,66-/m1/s1. The largest absolute Gasteiger partial charge is 0.397 e. The molecule has 0 aromatic carbocycles. The van der Waals surface area contributed by atoms with Gasteiger partial charge in [0.15, 0.2) is 56.6 Å². The highest BCUT2D eigenvalue weighted by Crippen LogP contribution is 2.41. The van der Waals surface area contributed by atoms with Crippen molar-refractivity contribution in [2.24, 2.45) is 0 Å². The van der Waals surface area contributed by atoms with Crippen LogP contribution in [-0.4, -0.2) is 504 Å². The second-order valence-electron chi connectivity index (χ2n) is 30.6. The van der Waals surface area contributed by atoms with E-state index in [0.717, 1.165) is 41.5 Å². The molecule has 6 amide bonds. The Morgan fingerprint density at radius 1 is 0.246 bits per heavy atom. The lowest BCUT2D eigenvalue weighted by Crippen LogP contribution is -2.71. The third-order valence-corrected chi connectivity index (χ3v) is 22.5. The van der Waals surface area contributed by atoms with Gasteiger partial charge in [-0.3, -0.25) is 37.9 Å². The van der Waals surface area contributed by atoms with Gasteiger partial charge < -0.3 is 220 Å². The van der Waals surface area contributed by atoms with Crippen molar-refractivity contribution >= 4 is 56.2 Å². The minimum atomic E-state index is -5.55. The first-order valence-electron chi connectivity index (χ1n) is 38.9. The molecule has 58 nitrogen and oxygen atoms in total. The van der Waals surface area contributed by atoms with Gasteiger partial charge in [0.05, 0.1) is 59.5 Å². The Balaban J connectivity index is 1.07. The van der Waals surface area contributed by atoms with Crippen molar-refractivity contribution in [1.29, 1.82) is 0 Å². The van der Waals surface area contributed by atoms with E-state index in [1.165, 1.54) is 0 Å². The van der Waals surface area contributed by atoms with Gasteiger partial charge in [-0.1, -0.05) is 0 Å². The number of hydrogen-bond acceptors (Lipinski definition) is 50. The molecular formula is C66H110N6O52S2. The zero-order chi connectivity index (χ0) is 93.5. The lowest BCUT2D eigenvalue weighted by atomic mass is 9.93. The zero-order valence-electron chi connectivity index (χ0n) is 67.3. The third-order valence-electron chi connectivity index (χ3n) is 21.6. The van der Waals surface area contributed by atoms with E-state index in [1.807, 2.05) is 0 Å². The summed E-state index contributed by atoms with van der Waals surface area (Å²) in [6.45, 7) is -5.45. The van der Waals surface area contributed by atoms with Crippen molar-refractivity contribution in [3.63, 3.8) is 0 Å². The number of rotatable bonds is 35. The molecule has 0 spiro atoms. The first-order chi connectivity index (χ1) is 59.2. The van der Waals surface area contributed by atoms with Gasteiger partial charge in [-0.25, -0.2) is 8.37 Å². The summed E-state index contributed by atoms with van der Waals surface area (Å²) >= 11 is 0. The summed E-state index contributed by atoms with van der Waals surface area (Å²) in [5.41, 5.74) is 0. The summed E-state index contributed by atoms with van der Waals surface area (Å²) in [5.74, 6) is -5.89. The molecule has 0 aromatic heterocycles. The summed E-state index contributed by atoms with van der Waals surface area (Å²) in [6, 6.07) is -11.9. The van der Waals surface area contributed by atoms with Crippen LogP contribution in [0.1, 0.15) is 41.5 Å². The van der Waals surface area contributed by atoms with Gasteiger partial charge in [-0.15, -0.1) is 0 Å². The summed E-state index contributed by atoms with van der Waals surface area (Å²) in [7, 11) is -11.1. The van der Waals surface area contributed by atoms with E-state index < -0.39 is 392 Å². The number of amides is 6. The molecule has 45 atom stereocenters. The van der Waals surface area contributed by atoms with Crippen LogP contribution in [0.5, 0.6) is 0 Å². The average molecular weight is 1880 g/mol. The first-order valence-corrected chi connectivity index (χ1v) is 41.7. The number of hydrogen-bond donors (Lipinski definition) is 29. The highest BCUT2D eigenvalue weighted by molar-refractivity contribution is 7.81. The van der Waals surface area contributed by atoms with Crippen LogP contribution in [0, 0.1) is 0 Å². The summed E-state index contributed by atoms with van der Waals surface area (Å²) in [5, 5.41) is 252. The van der Waals surface area contributed by atoms with E-state index in [4.69, 9.17) is 80.5 Å². The number of ether oxygens (including phenoxy) is 17. The fourth-order valence-electron chi connectivity index (χ4n) is 15.7. The predicted molar refractivity (Wildman–Crippen MR) is 387 cm³/mol. The van der Waals surface area contributed by atoms with Crippen molar-refractivity contribution in [2.75, 3.05) is 59.5 Å². The predicted octanol–water partition coefficient (Wildman–Crippen LogP) is -20.1. The molecule has 9 fully saturated rings. The quantitative estimate of drug-likeness (QED) is 0.0262. The minimum Gasteiger partial charge on any atom is -0.394 e. The lowest BCUT2D eigenvalue weighted by molar-refractivity contribution is -0.398. The molecule has 9 rings (SSSR count). The van der Waals surface area contributed by atoms with Gasteiger partial charge in [0.1, 0.15) is 219 Å². The maximum atomic E-state index is 13.1. The van der Waals surface area contributed by atoms with Crippen LogP contribution in [0.2, 0.25) is 0 Å².